The maximum absolute atomic E-state index is 13.1. The Bertz CT molecular complexity index is 833. The summed E-state index contributed by atoms with van der Waals surface area (Å²) >= 11 is 0. The summed E-state index contributed by atoms with van der Waals surface area (Å²) in [6, 6.07) is 9.34. The topological polar surface area (TPSA) is 43.4 Å². The van der Waals surface area contributed by atoms with Gasteiger partial charge in [-0.3, -0.25) is 4.98 Å². The van der Waals surface area contributed by atoms with Crippen LogP contribution in [0.15, 0.2) is 36.5 Å². The predicted molar refractivity (Wildman–Crippen MR) is 107 cm³/mol. The number of hydrogen-bond acceptors (Lipinski definition) is 4. The van der Waals surface area contributed by atoms with Gasteiger partial charge in [-0.2, -0.15) is 13.2 Å². The number of aromatic nitrogens is 1. The summed E-state index contributed by atoms with van der Waals surface area (Å²) in [4.78, 5) is 4.08. The number of benzene rings is 1. The molecule has 2 aromatic rings. The highest BCUT2D eigenvalue weighted by atomic mass is 19.4. The molecular weight excluding hydrogens is 393 g/mol. The molecule has 2 aliphatic rings. The van der Waals surface area contributed by atoms with Crippen LogP contribution < -0.4 is 5.32 Å². The Morgan fingerprint density at radius 3 is 2.53 bits per heavy atom. The van der Waals surface area contributed by atoms with Gasteiger partial charge in [-0.05, 0) is 54.9 Å². The fraction of sp³-hybridized carbons (Fsp3) is 0.522. The number of aryl methyl sites for hydroxylation is 1. The summed E-state index contributed by atoms with van der Waals surface area (Å²) < 4.78 is 50.5. The smallest absolute Gasteiger partial charge is 0.381 e. The van der Waals surface area contributed by atoms with Crippen molar-refractivity contribution in [3.05, 3.63) is 64.5 Å². The minimum absolute atomic E-state index is 0.111. The SMILES string of the molecule is FC(F)(F)c1cnc2c(c1)C(NCc1ccc(COC3CCOCC3)cc1)CCC2. The minimum atomic E-state index is -4.37. The second kappa shape index (κ2) is 9.45. The van der Waals surface area contributed by atoms with Gasteiger partial charge in [-0.25, -0.2) is 0 Å². The molecule has 7 heteroatoms. The number of ether oxygens (including phenoxy) is 2. The fourth-order valence-corrected chi connectivity index (χ4v) is 4.07. The molecular formula is C23H27F3N2O2. The number of hydrogen-bond donors (Lipinski definition) is 1. The molecule has 1 aromatic carbocycles. The lowest BCUT2D eigenvalue weighted by molar-refractivity contribution is -0.137. The molecule has 4 nitrogen and oxygen atoms in total. The molecule has 0 amide bonds. The molecule has 1 saturated heterocycles. The standard InChI is InChI=1S/C23H27F3N2O2/c24-23(25,26)18-12-20-21(2-1-3-22(20)28-14-18)27-13-16-4-6-17(7-5-16)15-30-19-8-10-29-11-9-19/h4-7,12,14,19,21,27H,1-3,8-11,13,15H2. The first-order chi connectivity index (χ1) is 14.5. The van der Waals surface area contributed by atoms with Gasteiger partial charge in [0.2, 0.25) is 0 Å². The van der Waals surface area contributed by atoms with Crippen molar-refractivity contribution in [3.63, 3.8) is 0 Å². The zero-order valence-electron chi connectivity index (χ0n) is 16.9. The number of nitrogens with zero attached hydrogens (tertiary/aromatic N) is 1. The first-order valence-electron chi connectivity index (χ1n) is 10.6. The maximum atomic E-state index is 13.1. The van der Waals surface area contributed by atoms with Gasteiger partial charge in [0.25, 0.3) is 0 Å². The van der Waals surface area contributed by atoms with E-state index < -0.39 is 11.7 Å². The monoisotopic (exact) mass is 420 g/mol. The Hall–Kier alpha value is -1.96. The van der Waals surface area contributed by atoms with E-state index in [1.54, 1.807) is 0 Å². The van der Waals surface area contributed by atoms with Crippen LogP contribution in [0.2, 0.25) is 0 Å². The summed E-state index contributed by atoms with van der Waals surface area (Å²) in [6.07, 6.45) is 1.19. The number of halogens is 3. The van der Waals surface area contributed by atoms with E-state index in [1.165, 1.54) is 6.07 Å². The third-order valence-electron chi connectivity index (χ3n) is 5.84. The van der Waals surface area contributed by atoms with E-state index in [2.05, 4.69) is 22.4 Å². The Balaban J connectivity index is 1.34. The molecule has 1 aliphatic heterocycles. The first-order valence-corrected chi connectivity index (χ1v) is 10.6. The number of pyridine rings is 1. The summed E-state index contributed by atoms with van der Waals surface area (Å²) in [6.45, 7) is 2.71. The van der Waals surface area contributed by atoms with Crippen molar-refractivity contribution in [2.75, 3.05) is 13.2 Å². The van der Waals surface area contributed by atoms with E-state index in [1.807, 2.05) is 12.1 Å². The van der Waals surface area contributed by atoms with Crippen LogP contribution in [0.1, 0.15) is 59.7 Å². The number of fused-ring (bicyclic) bond motifs is 1. The predicted octanol–water partition coefficient (Wildman–Crippen LogP) is 4.96. The summed E-state index contributed by atoms with van der Waals surface area (Å²) in [5, 5.41) is 3.42. The molecule has 1 aromatic heterocycles. The summed E-state index contributed by atoms with van der Waals surface area (Å²) in [5.41, 5.74) is 2.98. The van der Waals surface area contributed by atoms with Crippen LogP contribution in [0, 0.1) is 0 Å². The van der Waals surface area contributed by atoms with Crippen molar-refractivity contribution in [1.82, 2.24) is 10.3 Å². The van der Waals surface area contributed by atoms with Crippen molar-refractivity contribution >= 4 is 0 Å². The van der Waals surface area contributed by atoms with E-state index in [-0.39, 0.29) is 12.1 Å². The van der Waals surface area contributed by atoms with Crippen LogP contribution in [0.3, 0.4) is 0 Å². The lowest BCUT2D eigenvalue weighted by Crippen LogP contribution is -2.26. The highest BCUT2D eigenvalue weighted by Crippen LogP contribution is 2.35. The largest absolute Gasteiger partial charge is 0.417 e. The van der Waals surface area contributed by atoms with Crippen LogP contribution in [-0.4, -0.2) is 24.3 Å². The third kappa shape index (κ3) is 5.39. The second-order valence-electron chi connectivity index (χ2n) is 8.02. The molecule has 0 saturated carbocycles. The molecule has 1 unspecified atom stereocenters. The van der Waals surface area contributed by atoms with Gasteiger partial charge in [0.05, 0.1) is 18.3 Å². The third-order valence-corrected chi connectivity index (χ3v) is 5.84. The molecule has 1 aliphatic carbocycles. The number of nitrogens with one attached hydrogen (secondary N) is 1. The van der Waals surface area contributed by atoms with Crippen LogP contribution >= 0.6 is 0 Å². The minimum Gasteiger partial charge on any atom is -0.381 e. The van der Waals surface area contributed by atoms with E-state index in [9.17, 15) is 13.2 Å². The number of rotatable bonds is 6. The van der Waals surface area contributed by atoms with Crippen molar-refractivity contribution < 1.29 is 22.6 Å². The van der Waals surface area contributed by atoms with Crippen LogP contribution in [0.5, 0.6) is 0 Å². The van der Waals surface area contributed by atoms with Crippen LogP contribution in [-0.2, 0) is 35.2 Å². The van der Waals surface area contributed by atoms with E-state index >= 15 is 0 Å². The Morgan fingerprint density at radius 1 is 1.07 bits per heavy atom. The van der Waals surface area contributed by atoms with Gasteiger partial charge in [0.15, 0.2) is 0 Å². The van der Waals surface area contributed by atoms with Crippen molar-refractivity contribution in [1.29, 1.82) is 0 Å². The molecule has 162 valence electrons. The highest BCUT2D eigenvalue weighted by Gasteiger charge is 2.33. The van der Waals surface area contributed by atoms with Crippen LogP contribution in [0.4, 0.5) is 13.2 Å². The average Bonchev–Trinajstić information content (AvgIpc) is 2.76. The highest BCUT2D eigenvalue weighted by molar-refractivity contribution is 5.32. The first kappa shape index (κ1) is 21.3. The van der Waals surface area contributed by atoms with Crippen molar-refractivity contribution in [3.8, 4) is 0 Å². The molecule has 0 spiro atoms. The lowest BCUT2D eigenvalue weighted by Gasteiger charge is -2.26. The zero-order valence-corrected chi connectivity index (χ0v) is 16.9. The summed E-state index contributed by atoms with van der Waals surface area (Å²) in [5.74, 6) is 0. The zero-order chi connectivity index (χ0) is 21.0. The quantitative estimate of drug-likeness (QED) is 0.717. The Kier molecular flexibility index (Phi) is 6.71. The van der Waals surface area contributed by atoms with Crippen LogP contribution in [0.25, 0.3) is 0 Å². The van der Waals surface area contributed by atoms with Gasteiger partial charge < -0.3 is 14.8 Å². The molecule has 1 fully saturated rings. The van der Waals surface area contributed by atoms with Gasteiger partial charge in [0.1, 0.15) is 0 Å². The van der Waals surface area contributed by atoms with Crippen molar-refractivity contribution in [2.45, 2.75) is 63.6 Å². The van der Waals surface area contributed by atoms with E-state index in [4.69, 9.17) is 9.47 Å². The molecule has 2 heterocycles. The van der Waals surface area contributed by atoms with Gasteiger partial charge in [-0.1, -0.05) is 24.3 Å². The van der Waals surface area contributed by atoms with Gasteiger partial charge >= 0.3 is 6.18 Å². The second-order valence-corrected chi connectivity index (χ2v) is 8.02. The normalized spacial score (nSPS) is 20.2. The summed E-state index contributed by atoms with van der Waals surface area (Å²) in [7, 11) is 0. The van der Waals surface area contributed by atoms with E-state index in [0.717, 1.165) is 68.3 Å². The average molecular weight is 420 g/mol. The molecule has 1 N–H and O–H groups in total. The molecule has 0 radical (unpaired) electrons. The van der Waals surface area contributed by atoms with Crippen molar-refractivity contribution in [2.24, 2.45) is 0 Å². The van der Waals surface area contributed by atoms with E-state index in [0.29, 0.717) is 18.7 Å². The van der Waals surface area contributed by atoms with Gasteiger partial charge in [-0.15, -0.1) is 0 Å². The lowest BCUT2D eigenvalue weighted by atomic mass is 9.90. The fourth-order valence-electron chi connectivity index (χ4n) is 4.07. The molecule has 0 bridgehead atoms. The molecule has 4 rings (SSSR count). The van der Waals surface area contributed by atoms with Gasteiger partial charge in [0, 0.05) is 37.7 Å². The number of alkyl halides is 3. The molecule has 30 heavy (non-hydrogen) atoms. The Labute approximate surface area is 174 Å². The maximum Gasteiger partial charge on any atom is 0.417 e. The Morgan fingerprint density at radius 2 is 1.80 bits per heavy atom. The molecule has 1 atom stereocenters.